The van der Waals surface area contributed by atoms with E-state index in [0.29, 0.717) is 0 Å². The molecule has 0 unspecified atom stereocenters. The zero-order chi connectivity index (χ0) is 5.11. The van der Waals surface area contributed by atoms with E-state index in [1.807, 2.05) is 18.2 Å². The summed E-state index contributed by atoms with van der Waals surface area (Å²) in [6, 6.07) is 10.3. The van der Waals surface area contributed by atoms with Gasteiger partial charge in [0.2, 0.25) is 0 Å². The van der Waals surface area contributed by atoms with Gasteiger partial charge in [-0.3, -0.25) is 0 Å². The first-order valence-electron chi connectivity index (χ1n) is 2.41. The average molecular weight is 92.0 g/mol. The van der Waals surface area contributed by atoms with Crippen molar-refractivity contribution in [1.82, 2.24) is 0 Å². The van der Waals surface area contributed by atoms with Crippen molar-refractivity contribution in [2.75, 3.05) is 0 Å². The van der Waals surface area contributed by atoms with Crippen molar-refractivity contribution >= 4 is 40.8 Å². The van der Waals surface area contributed by atoms with Crippen molar-refractivity contribution in [1.29, 1.82) is 0 Å². The van der Waals surface area contributed by atoms with E-state index >= 15 is 0 Å². The van der Waals surface area contributed by atoms with Gasteiger partial charge < -0.3 is 0 Å². The maximum absolute atomic E-state index is 2.08. The number of hydrogen-bond acceptors (Lipinski definition) is 0. The topological polar surface area (TPSA) is 0 Å². The monoisotopic (exact) mass is 92.1 g/mol. The van der Waals surface area contributed by atoms with Crippen LogP contribution in [0.2, 0.25) is 0 Å². The molecule has 0 bridgehead atoms. The molecule has 0 aromatic heterocycles. The van der Waals surface area contributed by atoms with Crippen LogP contribution in [0.5, 0.6) is 0 Å². The molecule has 0 saturated heterocycles. The Hall–Kier alpha value is 0.415. The Bertz CT molecular complexity index is 136. The molecule has 1 rings (SSSR count). The Kier molecular flexibility index (Phi) is 4.53. The Morgan fingerprint density at radius 3 is 1.75 bits per heavy atom. The summed E-state index contributed by atoms with van der Waals surface area (Å²) in [6.45, 7) is 0. The van der Waals surface area contributed by atoms with E-state index in [4.69, 9.17) is 0 Å². The summed E-state index contributed by atoms with van der Waals surface area (Å²) in [4.78, 5) is 0. The fourth-order valence-corrected chi connectivity index (χ4v) is 0.534. The van der Waals surface area contributed by atoms with Crippen LogP contribution >= 0.6 is 0 Å². The zero-order valence-electron chi connectivity index (χ0n) is 4.39. The molecule has 0 spiro atoms. The SMILES string of the molecule is [LiH].[Li][c]1ccccc1. The van der Waals surface area contributed by atoms with E-state index in [1.165, 1.54) is 4.24 Å². The van der Waals surface area contributed by atoms with Crippen LogP contribution in [-0.2, 0) is 0 Å². The fourth-order valence-electron chi connectivity index (χ4n) is 0.534. The predicted molar refractivity (Wildman–Crippen MR) is 39.0 cm³/mol. The average Bonchev–Trinajstić information content (AvgIpc) is 1.69. The zero-order valence-corrected chi connectivity index (χ0v) is 4.39. The second kappa shape index (κ2) is 4.31. The van der Waals surface area contributed by atoms with E-state index in [1.54, 1.807) is 0 Å². The van der Waals surface area contributed by atoms with Gasteiger partial charge in [-0.25, -0.2) is 0 Å². The van der Waals surface area contributed by atoms with E-state index in [9.17, 15) is 0 Å². The van der Waals surface area contributed by atoms with Gasteiger partial charge in [0.25, 0.3) is 0 Å². The molecule has 0 aliphatic heterocycles. The number of hydrogen-bond donors (Lipinski definition) is 0. The van der Waals surface area contributed by atoms with Gasteiger partial charge in [-0.05, 0) is 0 Å². The third-order valence-corrected chi connectivity index (χ3v) is 0.940. The van der Waals surface area contributed by atoms with Gasteiger partial charge in [0.1, 0.15) is 0 Å². The Labute approximate surface area is 71.1 Å². The van der Waals surface area contributed by atoms with Gasteiger partial charge in [0.05, 0.1) is 0 Å². The molecule has 1 aromatic rings. The second-order valence-corrected chi connectivity index (χ2v) is 1.65. The molecule has 0 fully saturated rings. The summed E-state index contributed by atoms with van der Waals surface area (Å²) >= 11 is 2.08. The van der Waals surface area contributed by atoms with Gasteiger partial charge in [0, 0.05) is 0 Å². The van der Waals surface area contributed by atoms with Crippen LogP contribution in [0, 0.1) is 0 Å². The molecule has 0 heterocycles. The molecule has 0 aliphatic carbocycles. The van der Waals surface area contributed by atoms with Crippen LogP contribution in [-0.4, -0.2) is 36.6 Å². The summed E-state index contributed by atoms with van der Waals surface area (Å²) in [5, 5.41) is 0. The number of rotatable bonds is 0. The van der Waals surface area contributed by atoms with Gasteiger partial charge in [-0.2, -0.15) is 0 Å². The summed E-state index contributed by atoms with van der Waals surface area (Å²) in [5.41, 5.74) is 0. The Morgan fingerprint density at radius 1 is 1.00 bits per heavy atom. The van der Waals surface area contributed by atoms with Crippen LogP contribution in [0.25, 0.3) is 0 Å². The summed E-state index contributed by atoms with van der Waals surface area (Å²) in [6.07, 6.45) is 0. The van der Waals surface area contributed by atoms with Crippen molar-refractivity contribution < 1.29 is 0 Å². The fraction of sp³-hybridized carbons (Fsp3) is 0. The molecule has 0 nitrogen and oxygen atoms in total. The van der Waals surface area contributed by atoms with Crippen molar-refractivity contribution in [2.24, 2.45) is 0 Å². The van der Waals surface area contributed by atoms with Crippen molar-refractivity contribution in [3.8, 4) is 0 Å². The third kappa shape index (κ3) is 2.66. The Morgan fingerprint density at radius 2 is 1.50 bits per heavy atom. The molecule has 0 aliphatic rings. The first kappa shape index (κ1) is 8.41. The minimum atomic E-state index is 0. The quantitative estimate of drug-likeness (QED) is 0.390. The predicted octanol–water partition coefficient (Wildman–Crippen LogP) is -0.168. The van der Waals surface area contributed by atoms with E-state index in [2.05, 4.69) is 29.8 Å². The first-order chi connectivity index (χ1) is 3.39. The van der Waals surface area contributed by atoms with Crippen LogP contribution < -0.4 is 4.24 Å². The van der Waals surface area contributed by atoms with Gasteiger partial charge in [-0.1, -0.05) is 0 Å². The minimum absolute atomic E-state index is 0. The van der Waals surface area contributed by atoms with Crippen molar-refractivity contribution in [2.45, 2.75) is 0 Å². The first-order valence-corrected chi connectivity index (χ1v) is 2.41. The summed E-state index contributed by atoms with van der Waals surface area (Å²) in [7, 11) is 0. The van der Waals surface area contributed by atoms with Crippen molar-refractivity contribution in [3.63, 3.8) is 0 Å². The van der Waals surface area contributed by atoms with Gasteiger partial charge >= 0.3 is 71.1 Å². The Balaban J connectivity index is 0.000000490. The van der Waals surface area contributed by atoms with Crippen LogP contribution in [0.1, 0.15) is 0 Å². The molecule has 1 aromatic carbocycles. The molecule has 0 N–H and O–H groups in total. The maximum atomic E-state index is 2.08. The standard InChI is InChI=1S/C6H5.2Li.H/c1-2-4-6-5-3-1;;;/h1-5H;;;. The molecular weight excluding hydrogens is 85.9 g/mol. The molecule has 0 atom stereocenters. The van der Waals surface area contributed by atoms with Crippen LogP contribution in [0.15, 0.2) is 30.3 Å². The van der Waals surface area contributed by atoms with Crippen LogP contribution in [0.3, 0.4) is 0 Å². The van der Waals surface area contributed by atoms with Gasteiger partial charge in [-0.15, -0.1) is 0 Å². The van der Waals surface area contributed by atoms with E-state index < -0.39 is 0 Å². The van der Waals surface area contributed by atoms with E-state index in [0.717, 1.165) is 0 Å². The molecule has 8 heavy (non-hydrogen) atoms. The molecular formula is C6H6Li2. The van der Waals surface area contributed by atoms with E-state index in [-0.39, 0.29) is 18.9 Å². The number of benzene rings is 1. The normalized spacial score (nSPS) is 7.75. The summed E-state index contributed by atoms with van der Waals surface area (Å²) in [5.74, 6) is 0. The third-order valence-electron chi connectivity index (χ3n) is 0.940. The second-order valence-electron chi connectivity index (χ2n) is 1.65. The molecule has 2 heteroatoms. The van der Waals surface area contributed by atoms with Crippen LogP contribution in [0.4, 0.5) is 0 Å². The molecule has 0 amide bonds. The van der Waals surface area contributed by atoms with Gasteiger partial charge in [0.15, 0.2) is 0 Å². The molecule has 0 radical (unpaired) electrons. The summed E-state index contributed by atoms with van der Waals surface area (Å²) < 4.78 is 1.32. The molecule has 32 valence electrons. The molecule has 0 saturated carbocycles. The van der Waals surface area contributed by atoms with Crippen molar-refractivity contribution in [3.05, 3.63) is 30.3 Å².